The first kappa shape index (κ1) is 32.1. The SMILES string of the molecule is c1cc(-c2ccc3c(c2)c2ccccc2n3-c2cccc3sc4ccccc4c23)cc(-c2ccc3c(c2)c2ccccc2n3-c2cccc3sc4ccccc4c23)c1. The summed E-state index contributed by atoms with van der Waals surface area (Å²) < 4.78 is 10.2. The van der Waals surface area contributed by atoms with Crippen molar-refractivity contribution in [3.8, 4) is 33.6 Å². The van der Waals surface area contributed by atoms with E-state index in [9.17, 15) is 0 Å². The van der Waals surface area contributed by atoms with E-state index in [0.29, 0.717) is 0 Å². The molecule has 0 N–H and O–H groups in total. The van der Waals surface area contributed by atoms with E-state index < -0.39 is 0 Å². The Labute approximate surface area is 341 Å². The number of rotatable bonds is 4. The van der Waals surface area contributed by atoms with Crippen LogP contribution in [0.5, 0.6) is 0 Å². The first-order valence-electron chi connectivity index (χ1n) is 19.8. The summed E-state index contributed by atoms with van der Waals surface area (Å²) >= 11 is 3.74. The molecule has 13 rings (SSSR count). The van der Waals surface area contributed by atoms with Crippen LogP contribution in [0, 0.1) is 0 Å². The van der Waals surface area contributed by atoms with Crippen LogP contribution < -0.4 is 0 Å². The van der Waals surface area contributed by atoms with Gasteiger partial charge in [0.1, 0.15) is 0 Å². The number of nitrogens with zero attached hydrogens (tertiary/aromatic N) is 2. The second kappa shape index (κ2) is 12.3. The van der Waals surface area contributed by atoms with Crippen LogP contribution in [0.1, 0.15) is 0 Å². The topological polar surface area (TPSA) is 9.86 Å². The third-order valence-electron chi connectivity index (χ3n) is 12.1. The molecule has 0 unspecified atom stereocenters. The summed E-state index contributed by atoms with van der Waals surface area (Å²) in [6.07, 6.45) is 0. The fourth-order valence-corrected chi connectivity index (χ4v) is 11.8. The molecule has 4 heteroatoms. The van der Waals surface area contributed by atoms with E-state index in [4.69, 9.17) is 0 Å². The molecule has 270 valence electrons. The molecule has 4 aromatic heterocycles. The Kier molecular flexibility index (Phi) is 6.79. The minimum atomic E-state index is 1.21. The van der Waals surface area contributed by atoms with E-state index in [1.807, 2.05) is 22.7 Å². The second-order valence-corrected chi connectivity index (χ2v) is 17.4. The monoisotopic (exact) mass is 772 g/mol. The number of aromatic nitrogens is 2. The molecule has 13 aromatic rings. The number of benzene rings is 9. The van der Waals surface area contributed by atoms with Crippen LogP contribution in [0.25, 0.3) is 118 Å². The fourth-order valence-electron chi connectivity index (χ4n) is 9.59. The lowest BCUT2D eigenvalue weighted by Crippen LogP contribution is -1.94. The van der Waals surface area contributed by atoms with Gasteiger partial charge in [-0.15, -0.1) is 22.7 Å². The molecule has 0 fully saturated rings. The highest BCUT2D eigenvalue weighted by Crippen LogP contribution is 2.44. The third-order valence-corrected chi connectivity index (χ3v) is 14.4. The van der Waals surface area contributed by atoms with E-state index in [1.54, 1.807) is 0 Å². The van der Waals surface area contributed by atoms with Crippen molar-refractivity contribution in [2.45, 2.75) is 0 Å². The molecule has 0 aliphatic heterocycles. The molecule has 0 amide bonds. The van der Waals surface area contributed by atoms with Crippen LogP contribution in [-0.2, 0) is 0 Å². The van der Waals surface area contributed by atoms with Crippen molar-refractivity contribution in [1.29, 1.82) is 0 Å². The maximum Gasteiger partial charge on any atom is 0.0555 e. The second-order valence-electron chi connectivity index (χ2n) is 15.2. The lowest BCUT2D eigenvalue weighted by molar-refractivity contribution is 1.20. The molecule has 0 bridgehead atoms. The van der Waals surface area contributed by atoms with Crippen molar-refractivity contribution < 1.29 is 0 Å². The average molecular weight is 773 g/mol. The molecule has 2 nitrogen and oxygen atoms in total. The van der Waals surface area contributed by atoms with Crippen LogP contribution in [0.4, 0.5) is 0 Å². The molecule has 0 saturated heterocycles. The molecule has 0 atom stereocenters. The predicted octanol–water partition coefficient (Wildman–Crippen LogP) is 16.0. The van der Waals surface area contributed by atoms with Gasteiger partial charge in [-0.3, -0.25) is 0 Å². The molecular formula is C54H32N2S2. The zero-order valence-corrected chi connectivity index (χ0v) is 32.8. The van der Waals surface area contributed by atoms with E-state index in [-0.39, 0.29) is 0 Å². The zero-order valence-electron chi connectivity index (χ0n) is 31.2. The molecule has 0 aliphatic rings. The first-order valence-corrected chi connectivity index (χ1v) is 21.4. The largest absolute Gasteiger partial charge is 0.309 e. The molecule has 9 aromatic carbocycles. The van der Waals surface area contributed by atoms with Crippen LogP contribution in [-0.4, -0.2) is 9.13 Å². The molecule has 0 radical (unpaired) electrons. The van der Waals surface area contributed by atoms with Gasteiger partial charge in [-0.25, -0.2) is 0 Å². The Hall–Kier alpha value is -6.98. The van der Waals surface area contributed by atoms with Crippen LogP contribution in [0.2, 0.25) is 0 Å². The lowest BCUT2D eigenvalue weighted by atomic mass is 9.97. The Morgan fingerprint density at radius 1 is 0.259 bits per heavy atom. The van der Waals surface area contributed by atoms with Gasteiger partial charge in [0.05, 0.1) is 33.4 Å². The van der Waals surface area contributed by atoms with Crippen LogP contribution >= 0.6 is 22.7 Å². The van der Waals surface area contributed by atoms with Crippen molar-refractivity contribution in [3.63, 3.8) is 0 Å². The molecule has 0 spiro atoms. The minimum Gasteiger partial charge on any atom is -0.309 e. The predicted molar refractivity (Wildman–Crippen MR) is 252 cm³/mol. The van der Waals surface area contributed by atoms with E-state index in [0.717, 1.165) is 0 Å². The van der Waals surface area contributed by atoms with Gasteiger partial charge in [0, 0.05) is 61.9 Å². The normalized spacial score (nSPS) is 12.1. The van der Waals surface area contributed by atoms with Crippen molar-refractivity contribution in [2.24, 2.45) is 0 Å². The number of fused-ring (bicyclic) bond motifs is 12. The lowest BCUT2D eigenvalue weighted by Gasteiger charge is -2.11. The Morgan fingerprint density at radius 2 is 0.638 bits per heavy atom. The van der Waals surface area contributed by atoms with Gasteiger partial charge in [-0.05, 0) is 101 Å². The Bertz CT molecular complexity index is 3570. The van der Waals surface area contributed by atoms with Crippen LogP contribution in [0.3, 0.4) is 0 Å². The summed E-state index contributed by atoms with van der Waals surface area (Å²) in [6.45, 7) is 0. The number of hydrogen-bond donors (Lipinski definition) is 0. The van der Waals surface area contributed by atoms with Gasteiger partial charge >= 0.3 is 0 Å². The fraction of sp³-hybridized carbons (Fsp3) is 0. The van der Waals surface area contributed by atoms with Gasteiger partial charge in [0.15, 0.2) is 0 Å². The minimum absolute atomic E-state index is 1.21. The average Bonchev–Trinajstić information content (AvgIpc) is 4.04. The highest BCUT2D eigenvalue weighted by molar-refractivity contribution is 7.26. The molecule has 58 heavy (non-hydrogen) atoms. The summed E-state index contributed by atoms with van der Waals surface area (Å²) in [4.78, 5) is 0. The first-order chi connectivity index (χ1) is 28.8. The van der Waals surface area contributed by atoms with E-state index >= 15 is 0 Å². The van der Waals surface area contributed by atoms with Crippen molar-refractivity contribution in [3.05, 3.63) is 194 Å². The summed E-state index contributed by atoms with van der Waals surface area (Å²) in [5.41, 5.74) is 12.2. The Balaban J connectivity index is 0.956. The zero-order chi connectivity index (χ0) is 37.9. The van der Waals surface area contributed by atoms with Gasteiger partial charge in [0.25, 0.3) is 0 Å². The van der Waals surface area contributed by atoms with Gasteiger partial charge in [-0.2, -0.15) is 0 Å². The van der Waals surface area contributed by atoms with E-state index in [2.05, 4.69) is 203 Å². The van der Waals surface area contributed by atoms with Crippen molar-refractivity contribution in [1.82, 2.24) is 9.13 Å². The van der Waals surface area contributed by atoms with Crippen molar-refractivity contribution >= 4 is 107 Å². The Morgan fingerprint density at radius 3 is 1.14 bits per heavy atom. The standard InChI is InChI=1S/C54H32N2S2/c1-5-18-43-37(14-1)41-31-35(26-28-45(41)55(43)47-20-10-24-51-53(47)39-16-3-7-22-49(39)57-51)33-12-9-13-34(30-33)36-27-29-46-42(32-36)38-15-2-6-19-44(38)56(46)48-21-11-25-52-54(48)40-17-4-8-23-50(40)58-52/h1-32H. The summed E-state index contributed by atoms with van der Waals surface area (Å²) in [5, 5.41) is 10.3. The molecule has 4 heterocycles. The number of hydrogen-bond acceptors (Lipinski definition) is 2. The smallest absolute Gasteiger partial charge is 0.0555 e. The van der Waals surface area contributed by atoms with Crippen molar-refractivity contribution in [2.75, 3.05) is 0 Å². The maximum absolute atomic E-state index is 2.47. The molecule has 0 aliphatic carbocycles. The quantitative estimate of drug-likeness (QED) is 0.169. The van der Waals surface area contributed by atoms with E-state index in [1.165, 1.54) is 118 Å². The highest BCUT2D eigenvalue weighted by Gasteiger charge is 2.19. The van der Waals surface area contributed by atoms with Gasteiger partial charge in [0.2, 0.25) is 0 Å². The summed E-state index contributed by atoms with van der Waals surface area (Å²) in [6, 6.07) is 71.9. The van der Waals surface area contributed by atoms with Gasteiger partial charge in [-0.1, -0.05) is 115 Å². The van der Waals surface area contributed by atoms with Gasteiger partial charge < -0.3 is 9.13 Å². The maximum atomic E-state index is 2.47. The summed E-state index contributed by atoms with van der Waals surface area (Å²) in [5.74, 6) is 0. The molecular weight excluding hydrogens is 741 g/mol. The highest BCUT2D eigenvalue weighted by atomic mass is 32.1. The number of para-hydroxylation sites is 2. The summed E-state index contributed by atoms with van der Waals surface area (Å²) in [7, 11) is 0. The number of thiophene rings is 2. The third kappa shape index (κ3) is 4.58. The molecule has 0 saturated carbocycles. The van der Waals surface area contributed by atoms with Crippen LogP contribution in [0.15, 0.2) is 194 Å².